The minimum absolute atomic E-state index is 0.436. The van der Waals surface area contributed by atoms with Crippen LogP contribution in [0.15, 0.2) is 91.0 Å². The molecule has 0 heterocycles. The molecule has 0 aliphatic rings. The molecule has 0 heteroatoms. The van der Waals surface area contributed by atoms with E-state index in [1.54, 1.807) is 0 Å². The molecule has 0 aliphatic heterocycles. The van der Waals surface area contributed by atoms with Gasteiger partial charge >= 0.3 is 0 Å². The summed E-state index contributed by atoms with van der Waals surface area (Å²) in [5.74, 6) is 0.436. The van der Waals surface area contributed by atoms with Crippen molar-refractivity contribution in [3.63, 3.8) is 0 Å². The molecule has 0 amide bonds. The van der Waals surface area contributed by atoms with Gasteiger partial charge in [-0.1, -0.05) is 91.0 Å². The summed E-state index contributed by atoms with van der Waals surface area (Å²) in [4.78, 5) is 0. The largest absolute Gasteiger partial charge is 0.0622 e. The molecule has 0 bridgehead atoms. The van der Waals surface area contributed by atoms with E-state index < -0.39 is 0 Å². The summed E-state index contributed by atoms with van der Waals surface area (Å²) in [5.41, 5.74) is 4.15. The minimum atomic E-state index is 0.436. The molecule has 3 aromatic carbocycles. The van der Waals surface area contributed by atoms with Crippen LogP contribution in [0.25, 0.3) is 0 Å². The van der Waals surface area contributed by atoms with E-state index in [1.807, 2.05) is 0 Å². The standard InChI is InChI=1S/C22H21/c1-4-11-19(12-5-1)13-10-18-22(20-14-6-2-7-15-20)21-16-8-3-9-17-21/h1-12,14-17,22H,13,18H2. The predicted octanol–water partition coefficient (Wildman–Crippen LogP) is 5.66. The third kappa shape index (κ3) is 3.85. The number of hydrogen-bond donors (Lipinski definition) is 0. The van der Waals surface area contributed by atoms with E-state index in [-0.39, 0.29) is 0 Å². The van der Waals surface area contributed by atoms with Gasteiger partial charge in [-0.15, -0.1) is 0 Å². The molecular weight excluding hydrogens is 264 g/mol. The van der Waals surface area contributed by atoms with Gasteiger partial charge in [0.05, 0.1) is 0 Å². The molecule has 1 radical (unpaired) electrons. The lowest BCUT2D eigenvalue weighted by Gasteiger charge is -2.18. The Labute approximate surface area is 133 Å². The van der Waals surface area contributed by atoms with Gasteiger partial charge in [-0.25, -0.2) is 0 Å². The van der Waals surface area contributed by atoms with Crippen molar-refractivity contribution in [2.45, 2.75) is 18.8 Å². The monoisotopic (exact) mass is 285 g/mol. The molecule has 0 aromatic heterocycles. The van der Waals surface area contributed by atoms with E-state index in [2.05, 4.69) is 97.4 Å². The van der Waals surface area contributed by atoms with Gasteiger partial charge in [0, 0.05) is 5.92 Å². The Hall–Kier alpha value is -2.34. The molecule has 0 aliphatic carbocycles. The van der Waals surface area contributed by atoms with Crippen molar-refractivity contribution >= 4 is 0 Å². The maximum absolute atomic E-state index is 2.40. The maximum atomic E-state index is 2.40. The first-order valence-corrected chi connectivity index (χ1v) is 7.89. The van der Waals surface area contributed by atoms with Crippen molar-refractivity contribution in [1.82, 2.24) is 0 Å². The van der Waals surface area contributed by atoms with E-state index >= 15 is 0 Å². The summed E-state index contributed by atoms with van der Waals surface area (Å²) in [6.07, 6.45) is 4.49. The third-order valence-corrected chi connectivity index (χ3v) is 4.03. The zero-order valence-electron chi connectivity index (χ0n) is 12.7. The molecule has 0 spiro atoms. The van der Waals surface area contributed by atoms with E-state index in [1.165, 1.54) is 16.7 Å². The fourth-order valence-electron chi connectivity index (χ4n) is 2.87. The van der Waals surface area contributed by atoms with Crippen LogP contribution < -0.4 is 0 Å². The molecule has 0 saturated carbocycles. The first-order valence-electron chi connectivity index (χ1n) is 7.89. The first-order chi connectivity index (χ1) is 10.9. The van der Waals surface area contributed by atoms with Crippen molar-refractivity contribution in [3.8, 4) is 0 Å². The van der Waals surface area contributed by atoms with E-state index in [9.17, 15) is 0 Å². The molecular formula is C22H21. The molecule has 0 N–H and O–H groups in total. The van der Waals surface area contributed by atoms with E-state index in [0.29, 0.717) is 5.92 Å². The van der Waals surface area contributed by atoms with Crippen molar-refractivity contribution < 1.29 is 0 Å². The Bertz CT molecular complexity index is 617. The summed E-state index contributed by atoms with van der Waals surface area (Å²) in [6, 6.07) is 32.3. The quantitative estimate of drug-likeness (QED) is 0.548. The van der Waals surface area contributed by atoms with Crippen LogP contribution in [0.5, 0.6) is 0 Å². The van der Waals surface area contributed by atoms with Gasteiger partial charge in [0.1, 0.15) is 0 Å². The zero-order valence-corrected chi connectivity index (χ0v) is 12.7. The van der Waals surface area contributed by atoms with Gasteiger partial charge in [-0.2, -0.15) is 0 Å². The fraction of sp³-hybridized carbons (Fsp3) is 0.136. The molecule has 0 atom stereocenters. The van der Waals surface area contributed by atoms with Gasteiger partial charge < -0.3 is 0 Å². The van der Waals surface area contributed by atoms with Gasteiger partial charge in [0.15, 0.2) is 0 Å². The Morgan fingerprint density at radius 2 is 1.05 bits per heavy atom. The van der Waals surface area contributed by atoms with E-state index in [0.717, 1.165) is 12.8 Å². The average Bonchev–Trinajstić information content (AvgIpc) is 2.61. The van der Waals surface area contributed by atoms with Crippen LogP contribution in [0, 0.1) is 6.42 Å². The highest BCUT2D eigenvalue weighted by Gasteiger charge is 2.13. The smallest absolute Gasteiger partial charge is 0.00921 e. The molecule has 3 aromatic rings. The van der Waals surface area contributed by atoms with Crippen LogP contribution in [0.3, 0.4) is 0 Å². The summed E-state index contributed by atoms with van der Waals surface area (Å²) in [7, 11) is 0. The fourth-order valence-corrected chi connectivity index (χ4v) is 2.87. The normalized spacial score (nSPS) is 10.8. The van der Waals surface area contributed by atoms with Crippen molar-refractivity contribution in [3.05, 3.63) is 114 Å². The number of hydrogen-bond acceptors (Lipinski definition) is 0. The van der Waals surface area contributed by atoms with Gasteiger partial charge in [0.2, 0.25) is 0 Å². The first kappa shape index (κ1) is 14.6. The van der Waals surface area contributed by atoms with Crippen LogP contribution in [0.2, 0.25) is 0 Å². The molecule has 0 saturated heterocycles. The van der Waals surface area contributed by atoms with Crippen LogP contribution in [0.4, 0.5) is 0 Å². The topological polar surface area (TPSA) is 0 Å². The minimum Gasteiger partial charge on any atom is -0.0622 e. The second-order valence-electron chi connectivity index (χ2n) is 5.59. The molecule has 3 rings (SSSR count). The Morgan fingerprint density at radius 3 is 1.55 bits per heavy atom. The summed E-state index contributed by atoms with van der Waals surface area (Å²) < 4.78 is 0. The van der Waals surface area contributed by atoms with Crippen molar-refractivity contribution in [2.75, 3.05) is 0 Å². The average molecular weight is 285 g/mol. The van der Waals surface area contributed by atoms with Crippen LogP contribution in [-0.4, -0.2) is 0 Å². The highest BCUT2D eigenvalue weighted by atomic mass is 14.2. The molecule has 109 valence electrons. The van der Waals surface area contributed by atoms with Crippen LogP contribution in [0.1, 0.15) is 29.0 Å². The SMILES string of the molecule is [CH](Cc1ccccc1)CC(c1ccccc1)c1ccccc1. The van der Waals surface area contributed by atoms with Gasteiger partial charge in [-0.05, 0) is 36.0 Å². The maximum Gasteiger partial charge on any atom is 0.00921 e. The Balaban J connectivity index is 1.72. The Kier molecular flexibility index (Phi) is 5.04. The molecule has 0 fully saturated rings. The summed E-state index contributed by atoms with van der Waals surface area (Å²) in [5, 5.41) is 0. The Morgan fingerprint density at radius 1 is 0.591 bits per heavy atom. The van der Waals surface area contributed by atoms with Crippen molar-refractivity contribution in [2.24, 2.45) is 0 Å². The highest BCUT2D eigenvalue weighted by molar-refractivity contribution is 5.33. The molecule has 0 nitrogen and oxygen atoms in total. The van der Waals surface area contributed by atoms with Crippen molar-refractivity contribution in [1.29, 1.82) is 0 Å². The molecule has 22 heavy (non-hydrogen) atoms. The summed E-state index contributed by atoms with van der Waals surface area (Å²) in [6.45, 7) is 0. The van der Waals surface area contributed by atoms with Gasteiger partial charge in [-0.3, -0.25) is 0 Å². The lowest BCUT2D eigenvalue weighted by molar-refractivity contribution is 0.771. The van der Waals surface area contributed by atoms with Gasteiger partial charge in [0.25, 0.3) is 0 Å². The number of benzene rings is 3. The second-order valence-corrected chi connectivity index (χ2v) is 5.59. The number of rotatable bonds is 6. The lowest BCUT2D eigenvalue weighted by Crippen LogP contribution is -2.02. The molecule has 0 unspecified atom stereocenters. The highest BCUT2D eigenvalue weighted by Crippen LogP contribution is 2.29. The second kappa shape index (κ2) is 7.61. The third-order valence-electron chi connectivity index (χ3n) is 4.03. The summed E-state index contributed by atoms with van der Waals surface area (Å²) >= 11 is 0. The predicted molar refractivity (Wildman–Crippen MR) is 93.8 cm³/mol. The van der Waals surface area contributed by atoms with Crippen LogP contribution in [-0.2, 0) is 6.42 Å². The lowest BCUT2D eigenvalue weighted by atomic mass is 9.86. The zero-order chi connectivity index (χ0) is 15.0. The van der Waals surface area contributed by atoms with Crippen LogP contribution >= 0.6 is 0 Å². The van der Waals surface area contributed by atoms with E-state index in [4.69, 9.17) is 0 Å².